The van der Waals surface area contributed by atoms with Crippen molar-refractivity contribution >= 4 is 18.4 Å². The van der Waals surface area contributed by atoms with Crippen LogP contribution in [0, 0.1) is 0 Å². The van der Waals surface area contributed by atoms with Gasteiger partial charge in [-0.3, -0.25) is 0 Å². The van der Waals surface area contributed by atoms with Crippen molar-refractivity contribution in [2.45, 2.75) is 79.5 Å². The molecule has 0 aromatic heterocycles. The van der Waals surface area contributed by atoms with Gasteiger partial charge in [0.2, 0.25) is 0 Å². The first-order valence-corrected chi connectivity index (χ1v) is 17.2. The number of unbranched alkanes of at least 4 members (excludes halogenated alkanes) is 3. The molecule has 0 aromatic rings. The molecule has 0 atom stereocenters. The molecule has 0 N–H and O–H groups in total. The van der Waals surface area contributed by atoms with Gasteiger partial charge in [0.05, 0.1) is 0 Å². The first-order valence-electron chi connectivity index (χ1n) is 9.50. The van der Waals surface area contributed by atoms with Crippen LogP contribution in [0.15, 0.2) is 21.8 Å². The van der Waals surface area contributed by atoms with Crippen molar-refractivity contribution < 1.29 is 0 Å². The summed E-state index contributed by atoms with van der Waals surface area (Å²) in [4.78, 5) is 2.24. The fraction of sp³-hybridized carbons (Fsp3) is 0.800. The van der Waals surface area contributed by atoms with Crippen LogP contribution in [0.4, 0.5) is 0 Å². The van der Waals surface area contributed by atoms with Gasteiger partial charge in [-0.25, -0.2) is 0 Å². The van der Waals surface area contributed by atoms with Gasteiger partial charge in [-0.05, 0) is 0 Å². The fourth-order valence-electron chi connectivity index (χ4n) is 2.91. The van der Waals surface area contributed by atoms with Gasteiger partial charge in [0, 0.05) is 0 Å². The van der Waals surface area contributed by atoms with E-state index < -0.39 is 18.4 Å². The Labute approximate surface area is 145 Å². The van der Waals surface area contributed by atoms with Crippen molar-refractivity contribution in [3.05, 3.63) is 21.8 Å². The van der Waals surface area contributed by atoms with Crippen LogP contribution < -0.4 is 0 Å². The predicted molar refractivity (Wildman–Crippen MR) is 106 cm³/mol. The summed E-state index contributed by atoms with van der Waals surface area (Å²) in [6, 6.07) is 0. The van der Waals surface area contributed by atoms with Crippen molar-refractivity contribution in [2.24, 2.45) is 0 Å². The van der Waals surface area contributed by atoms with Crippen LogP contribution in [0.2, 0.25) is 13.3 Å². The average Bonchev–Trinajstić information content (AvgIpc) is 2.51. The van der Waals surface area contributed by atoms with E-state index in [0.29, 0.717) is 0 Å². The van der Waals surface area contributed by atoms with Gasteiger partial charge in [-0.1, -0.05) is 0 Å². The number of likely N-dealkylation sites (N-methyl/N-ethyl adjacent to an activating group) is 1. The van der Waals surface area contributed by atoms with Crippen LogP contribution in [0.1, 0.15) is 66.2 Å². The van der Waals surface area contributed by atoms with Crippen LogP contribution in [0.3, 0.4) is 0 Å². The summed E-state index contributed by atoms with van der Waals surface area (Å²) in [5.74, 6) is 0. The average molecular weight is 414 g/mol. The number of hydrogen-bond acceptors (Lipinski definition) is 1. The second kappa shape index (κ2) is 13.7. The summed E-state index contributed by atoms with van der Waals surface area (Å²) in [7, 11) is 4.28. The second-order valence-corrected chi connectivity index (χ2v) is 20.2. The van der Waals surface area contributed by atoms with E-state index in [0.717, 1.165) is 6.54 Å². The summed E-state index contributed by atoms with van der Waals surface area (Å²) in [5, 5.41) is 0. The van der Waals surface area contributed by atoms with Gasteiger partial charge < -0.3 is 0 Å². The van der Waals surface area contributed by atoms with E-state index in [1.807, 2.05) is 0 Å². The third-order valence-electron chi connectivity index (χ3n) is 4.56. The molecular weight excluding hydrogens is 373 g/mol. The first-order chi connectivity index (χ1) is 10.5. The van der Waals surface area contributed by atoms with Gasteiger partial charge in [-0.15, -0.1) is 0 Å². The Balaban J connectivity index is 5.00. The quantitative estimate of drug-likeness (QED) is 0.248. The Morgan fingerprint density at radius 2 is 1.32 bits per heavy atom. The third-order valence-corrected chi connectivity index (χ3v) is 18.6. The van der Waals surface area contributed by atoms with E-state index in [1.165, 1.54) is 44.1 Å². The third kappa shape index (κ3) is 10.9. The SMILES string of the molecule is CCC[CH2][Sn](/[CH]=C/C(C)=C/CN(C)C)([CH2]CCC)[CH2]CCC. The van der Waals surface area contributed by atoms with E-state index in [9.17, 15) is 0 Å². The maximum atomic E-state index is 2.77. The Morgan fingerprint density at radius 3 is 1.68 bits per heavy atom. The van der Waals surface area contributed by atoms with Crippen molar-refractivity contribution in [3.8, 4) is 0 Å². The molecule has 0 heterocycles. The molecule has 0 unspecified atom stereocenters. The maximum absolute atomic E-state index is 2.77. The predicted octanol–water partition coefficient (Wildman–Crippen LogP) is 6.44. The zero-order valence-electron chi connectivity index (χ0n) is 16.3. The molecule has 0 aromatic carbocycles. The van der Waals surface area contributed by atoms with Crippen molar-refractivity contribution in [3.63, 3.8) is 0 Å². The Hall–Kier alpha value is 0.239. The molecule has 1 nitrogen and oxygen atoms in total. The molecule has 0 fully saturated rings. The number of hydrogen-bond donors (Lipinski definition) is 0. The normalized spacial score (nSPS) is 13.5. The van der Waals surface area contributed by atoms with Gasteiger partial charge in [0.15, 0.2) is 0 Å². The van der Waals surface area contributed by atoms with Gasteiger partial charge in [0.1, 0.15) is 0 Å². The molecule has 0 aliphatic carbocycles. The van der Waals surface area contributed by atoms with Crippen LogP contribution in [0.25, 0.3) is 0 Å². The molecule has 0 saturated heterocycles. The summed E-state index contributed by atoms with van der Waals surface area (Å²) in [6.07, 6.45) is 13.3. The summed E-state index contributed by atoms with van der Waals surface area (Å²) in [5.41, 5.74) is 1.46. The standard InChI is InChI=1S/C8H14N.3C4H9.Sn/c1-5-8(2)6-7-9(3)4;3*1-3-4-2;/h1,5-6H,7H2,2-4H3;3*1,3-4H2,2H3;/b5-1?,8-6+;;;;. The second-order valence-electron chi connectivity index (χ2n) is 7.22. The fourth-order valence-corrected chi connectivity index (χ4v) is 17.3. The molecule has 0 amide bonds. The Bertz CT molecular complexity index is 296. The molecule has 22 heavy (non-hydrogen) atoms. The van der Waals surface area contributed by atoms with Gasteiger partial charge in [-0.2, -0.15) is 0 Å². The molecule has 0 bridgehead atoms. The topological polar surface area (TPSA) is 3.24 Å². The van der Waals surface area contributed by atoms with Crippen LogP contribution in [-0.2, 0) is 0 Å². The van der Waals surface area contributed by atoms with E-state index in [2.05, 4.69) is 62.9 Å². The van der Waals surface area contributed by atoms with Gasteiger partial charge in [0.25, 0.3) is 0 Å². The molecule has 0 saturated carbocycles. The Kier molecular flexibility index (Phi) is 13.8. The zero-order valence-corrected chi connectivity index (χ0v) is 19.1. The molecule has 130 valence electrons. The Morgan fingerprint density at radius 1 is 0.864 bits per heavy atom. The van der Waals surface area contributed by atoms with Crippen LogP contribution >= 0.6 is 0 Å². The summed E-state index contributed by atoms with van der Waals surface area (Å²) >= 11 is -2.06. The van der Waals surface area contributed by atoms with Crippen molar-refractivity contribution in [1.29, 1.82) is 0 Å². The number of rotatable bonds is 13. The van der Waals surface area contributed by atoms with E-state index >= 15 is 0 Å². The van der Waals surface area contributed by atoms with Crippen LogP contribution in [-0.4, -0.2) is 43.9 Å². The monoisotopic (exact) mass is 415 g/mol. The first kappa shape index (κ1) is 22.2. The minimum atomic E-state index is -2.06. The van der Waals surface area contributed by atoms with Crippen molar-refractivity contribution in [2.75, 3.05) is 20.6 Å². The van der Waals surface area contributed by atoms with E-state index in [4.69, 9.17) is 0 Å². The van der Waals surface area contributed by atoms with Crippen molar-refractivity contribution in [1.82, 2.24) is 4.90 Å². The zero-order chi connectivity index (χ0) is 16.8. The number of nitrogens with zero attached hydrogens (tertiary/aromatic N) is 1. The molecule has 0 aliphatic heterocycles. The van der Waals surface area contributed by atoms with Crippen LogP contribution in [0.5, 0.6) is 0 Å². The molecule has 0 spiro atoms. The molecule has 2 heteroatoms. The van der Waals surface area contributed by atoms with E-state index in [-0.39, 0.29) is 0 Å². The molecular formula is C20H41NSn. The summed E-state index contributed by atoms with van der Waals surface area (Å²) in [6.45, 7) is 10.4. The molecule has 0 radical (unpaired) electrons. The van der Waals surface area contributed by atoms with Gasteiger partial charge >= 0.3 is 145 Å². The summed E-state index contributed by atoms with van der Waals surface area (Å²) < 4.78 is 7.49. The van der Waals surface area contributed by atoms with E-state index in [1.54, 1.807) is 13.3 Å². The molecule has 0 aliphatic rings. The molecule has 0 rings (SSSR count). The minimum absolute atomic E-state index is 1.05. The number of allylic oxidation sites excluding steroid dienone is 2.